The number of hydrogen-bond donors (Lipinski definition) is 4. The number of ether oxygens (including phenoxy) is 1. The SMILES string of the molecule is CCCCCCCCCCCCCCC[C@H](OCC(C)(C)[C@H](O)C(=O)NCCCO)[C@@H](O)C[N+](C)(C)CCC. The zero-order valence-electron chi connectivity index (χ0n) is 26.7. The first-order valence-corrected chi connectivity index (χ1v) is 16.2. The molecule has 0 bridgehead atoms. The Kier molecular flexibility index (Phi) is 22.5. The van der Waals surface area contributed by atoms with Gasteiger partial charge in [0.05, 0.1) is 33.4 Å². The highest BCUT2D eigenvalue weighted by atomic mass is 16.5. The summed E-state index contributed by atoms with van der Waals surface area (Å²) < 4.78 is 6.99. The van der Waals surface area contributed by atoms with Gasteiger partial charge in [-0.2, -0.15) is 0 Å². The first-order valence-electron chi connectivity index (χ1n) is 16.2. The molecule has 0 spiro atoms. The van der Waals surface area contributed by atoms with Crippen molar-refractivity contribution in [2.75, 3.05) is 46.9 Å². The van der Waals surface area contributed by atoms with E-state index >= 15 is 0 Å². The molecule has 1 amide bonds. The van der Waals surface area contributed by atoms with Gasteiger partial charge in [-0.25, -0.2) is 0 Å². The Morgan fingerprint density at radius 1 is 0.821 bits per heavy atom. The maximum atomic E-state index is 12.4. The lowest BCUT2D eigenvalue weighted by molar-refractivity contribution is -0.893. The highest BCUT2D eigenvalue weighted by molar-refractivity contribution is 5.81. The third-order valence-electron chi connectivity index (χ3n) is 7.82. The van der Waals surface area contributed by atoms with Gasteiger partial charge < -0.3 is 29.9 Å². The van der Waals surface area contributed by atoms with Crippen molar-refractivity contribution >= 4 is 5.91 Å². The van der Waals surface area contributed by atoms with Gasteiger partial charge in [-0.05, 0) is 19.3 Å². The van der Waals surface area contributed by atoms with Crippen molar-refractivity contribution in [1.29, 1.82) is 0 Å². The molecule has 0 aliphatic carbocycles. The van der Waals surface area contributed by atoms with Gasteiger partial charge in [0, 0.05) is 18.6 Å². The fourth-order valence-corrected chi connectivity index (χ4v) is 5.21. The number of carbonyl (C=O) groups is 1. The molecule has 39 heavy (non-hydrogen) atoms. The van der Waals surface area contributed by atoms with Gasteiger partial charge in [-0.3, -0.25) is 4.79 Å². The molecular weight excluding hydrogens is 492 g/mol. The number of aliphatic hydroxyl groups is 3. The van der Waals surface area contributed by atoms with E-state index in [2.05, 4.69) is 33.3 Å². The molecule has 0 fully saturated rings. The standard InChI is InChI=1S/C32H66N2O5/c1-7-9-10-11-12-13-14-15-16-17-18-19-20-22-29(28(36)26-34(5,6)24-8-2)39-27-32(3,4)30(37)31(38)33-23-21-25-35/h28-30,35-37H,7-27H2,1-6H3/p+1/t28-,29-,30+/m0/s1. The van der Waals surface area contributed by atoms with Gasteiger partial charge in [0.25, 0.3) is 0 Å². The van der Waals surface area contributed by atoms with Crippen molar-refractivity contribution in [3.63, 3.8) is 0 Å². The van der Waals surface area contributed by atoms with E-state index in [-0.39, 0.29) is 19.3 Å². The van der Waals surface area contributed by atoms with Crippen LogP contribution in [0.25, 0.3) is 0 Å². The summed E-state index contributed by atoms with van der Waals surface area (Å²) in [4.78, 5) is 12.4. The third-order valence-corrected chi connectivity index (χ3v) is 7.82. The molecule has 234 valence electrons. The number of amides is 1. The van der Waals surface area contributed by atoms with Crippen LogP contribution in [0.15, 0.2) is 0 Å². The normalized spacial score (nSPS) is 14.8. The van der Waals surface area contributed by atoms with E-state index in [1.54, 1.807) is 0 Å². The first-order chi connectivity index (χ1) is 18.5. The van der Waals surface area contributed by atoms with Crippen molar-refractivity contribution in [1.82, 2.24) is 5.32 Å². The van der Waals surface area contributed by atoms with Gasteiger partial charge in [0.1, 0.15) is 18.8 Å². The topological polar surface area (TPSA) is 99.0 Å². The summed E-state index contributed by atoms with van der Waals surface area (Å²) in [5.74, 6) is -0.452. The predicted molar refractivity (Wildman–Crippen MR) is 163 cm³/mol. The Hall–Kier alpha value is -0.730. The highest BCUT2D eigenvalue weighted by Gasteiger charge is 2.36. The molecular formula is C32H67N2O5+. The van der Waals surface area contributed by atoms with Crippen LogP contribution in [0.3, 0.4) is 0 Å². The lowest BCUT2D eigenvalue weighted by Gasteiger charge is -2.36. The summed E-state index contributed by atoms with van der Waals surface area (Å²) in [5.41, 5.74) is -0.801. The first kappa shape index (κ1) is 38.3. The maximum Gasteiger partial charge on any atom is 0.249 e. The van der Waals surface area contributed by atoms with Crippen LogP contribution in [-0.4, -0.2) is 91.0 Å². The van der Waals surface area contributed by atoms with E-state index in [0.29, 0.717) is 19.5 Å². The van der Waals surface area contributed by atoms with Gasteiger partial charge >= 0.3 is 0 Å². The van der Waals surface area contributed by atoms with E-state index in [9.17, 15) is 15.0 Å². The van der Waals surface area contributed by atoms with Gasteiger partial charge in [-0.1, -0.05) is 111 Å². The molecule has 0 aromatic rings. The van der Waals surface area contributed by atoms with Gasteiger partial charge in [0.2, 0.25) is 5.91 Å². The van der Waals surface area contributed by atoms with E-state index < -0.39 is 23.5 Å². The number of likely N-dealkylation sites (N-methyl/N-ethyl adjacent to an activating group) is 1. The molecule has 0 rings (SSSR count). The van der Waals surface area contributed by atoms with Crippen LogP contribution in [0.4, 0.5) is 0 Å². The second-order valence-corrected chi connectivity index (χ2v) is 13.0. The number of rotatable bonds is 27. The molecule has 7 heteroatoms. The number of quaternary nitrogens is 1. The fourth-order valence-electron chi connectivity index (χ4n) is 5.21. The van der Waals surface area contributed by atoms with E-state index in [0.717, 1.165) is 36.7 Å². The number of aliphatic hydroxyl groups excluding tert-OH is 3. The molecule has 0 aromatic heterocycles. The second-order valence-electron chi connectivity index (χ2n) is 13.0. The minimum Gasteiger partial charge on any atom is -0.396 e. The summed E-state index contributed by atoms with van der Waals surface area (Å²) in [7, 11) is 4.28. The Morgan fingerprint density at radius 3 is 1.82 bits per heavy atom. The van der Waals surface area contributed by atoms with Crippen molar-refractivity contribution in [3.05, 3.63) is 0 Å². The number of nitrogens with zero attached hydrogens (tertiary/aromatic N) is 1. The van der Waals surface area contributed by atoms with Crippen LogP contribution in [0.5, 0.6) is 0 Å². The number of nitrogens with one attached hydrogen (secondary N) is 1. The zero-order chi connectivity index (χ0) is 29.6. The van der Waals surface area contributed by atoms with Crippen LogP contribution in [0.1, 0.15) is 130 Å². The lowest BCUT2D eigenvalue weighted by atomic mass is 9.86. The Labute approximate surface area is 241 Å². The highest BCUT2D eigenvalue weighted by Crippen LogP contribution is 2.25. The number of hydrogen-bond acceptors (Lipinski definition) is 5. The van der Waals surface area contributed by atoms with Crippen LogP contribution in [-0.2, 0) is 9.53 Å². The zero-order valence-corrected chi connectivity index (χ0v) is 26.7. The molecule has 0 aliphatic heterocycles. The molecule has 0 aromatic carbocycles. The van der Waals surface area contributed by atoms with E-state index in [4.69, 9.17) is 9.84 Å². The monoisotopic (exact) mass is 560 g/mol. The summed E-state index contributed by atoms with van der Waals surface area (Å²) in [6, 6.07) is 0. The minimum absolute atomic E-state index is 0.00543. The molecule has 0 radical (unpaired) electrons. The summed E-state index contributed by atoms with van der Waals surface area (Å²) in [6.07, 6.45) is 17.0. The number of carbonyl (C=O) groups excluding carboxylic acids is 1. The molecule has 0 saturated carbocycles. The second kappa shape index (κ2) is 22.9. The van der Waals surface area contributed by atoms with Crippen LogP contribution in [0, 0.1) is 5.41 Å². The third kappa shape index (κ3) is 19.9. The molecule has 0 unspecified atom stereocenters. The summed E-state index contributed by atoms with van der Waals surface area (Å²) in [6.45, 7) is 10.2. The average molecular weight is 560 g/mol. The van der Waals surface area contributed by atoms with E-state index in [1.807, 2.05) is 13.8 Å². The van der Waals surface area contributed by atoms with Crippen molar-refractivity contribution < 1.29 is 29.3 Å². The molecule has 7 nitrogen and oxygen atoms in total. The van der Waals surface area contributed by atoms with E-state index in [1.165, 1.54) is 70.6 Å². The molecule has 4 N–H and O–H groups in total. The van der Waals surface area contributed by atoms with Gasteiger partial charge in [-0.15, -0.1) is 0 Å². The number of unbranched alkanes of at least 4 members (excludes halogenated alkanes) is 12. The smallest absolute Gasteiger partial charge is 0.249 e. The van der Waals surface area contributed by atoms with Crippen molar-refractivity contribution in [2.24, 2.45) is 5.41 Å². The lowest BCUT2D eigenvalue weighted by Crippen LogP contribution is -2.51. The molecule has 3 atom stereocenters. The quantitative estimate of drug-likeness (QED) is 0.0777. The van der Waals surface area contributed by atoms with Crippen LogP contribution < -0.4 is 5.32 Å². The summed E-state index contributed by atoms with van der Waals surface area (Å²) in [5, 5.41) is 33.4. The molecule has 0 aliphatic rings. The van der Waals surface area contributed by atoms with Crippen LogP contribution >= 0.6 is 0 Å². The Balaban J connectivity index is 4.62. The maximum absolute atomic E-state index is 12.4. The minimum atomic E-state index is -1.22. The van der Waals surface area contributed by atoms with Crippen molar-refractivity contribution in [2.45, 2.75) is 149 Å². The van der Waals surface area contributed by atoms with Gasteiger partial charge in [0.15, 0.2) is 0 Å². The molecule has 0 saturated heterocycles. The van der Waals surface area contributed by atoms with Crippen molar-refractivity contribution in [3.8, 4) is 0 Å². The largest absolute Gasteiger partial charge is 0.396 e. The van der Waals surface area contributed by atoms with Crippen LogP contribution in [0.2, 0.25) is 0 Å². The molecule has 0 heterocycles. The fraction of sp³-hybridized carbons (Fsp3) is 0.969. The average Bonchev–Trinajstić information content (AvgIpc) is 2.87. The Morgan fingerprint density at radius 2 is 1.33 bits per heavy atom. The Bertz CT molecular complexity index is 585. The predicted octanol–water partition coefficient (Wildman–Crippen LogP) is 5.59. The summed E-state index contributed by atoms with van der Waals surface area (Å²) >= 11 is 0.